The van der Waals surface area contributed by atoms with Gasteiger partial charge in [-0.15, -0.1) is 0 Å². The maximum absolute atomic E-state index is 12.0. The van der Waals surface area contributed by atoms with Gasteiger partial charge in [0.15, 0.2) is 9.84 Å². The second kappa shape index (κ2) is 5.96. The predicted octanol–water partition coefficient (Wildman–Crippen LogP) is 0.913. The standard InChI is InChI=1S/C14H17NO6S/c1-22(19,20)8-7-21-11-4-2-3-10(9-11)15-12(16)14(5-6-14)13(17)18/h2-4,9H,5-8H2,1H3,(H,15,16)(H,17,18). The monoisotopic (exact) mass is 327 g/mol. The molecule has 0 aliphatic heterocycles. The van der Waals surface area contributed by atoms with Gasteiger partial charge in [-0.1, -0.05) is 6.07 Å². The fourth-order valence-electron chi connectivity index (χ4n) is 1.89. The van der Waals surface area contributed by atoms with Crippen molar-refractivity contribution in [2.24, 2.45) is 5.41 Å². The Morgan fingerprint density at radius 2 is 2.05 bits per heavy atom. The maximum atomic E-state index is 12.0. The van der Waals surface area contributed by atoms with Crippen molar-refractivity contribution < 1.29 is 27.9 Å². The van der Waals surface area contributed by atoms with E-state index in [0.29, 0.717) is 24.3 Å². The molecule has 0 atom stereocenters. The summed E-state index contributed by atoms with van der Waals surface area (Å²) < 4.78 is 27.4. The van der Waals surface area contributed by atoms with Gasteiger partial charge in [-0.3, -0.25) is 9.59 Å². The molecule has 1 saturated carbocycles. The minimum absolute atomic E-state index is 0.00922. The fraction of sp³-hybridized carbons (Fsp3) is 0.429. The summed E-state index contributed by atoms with van der Waals surface area (Å²) in [7, 11) is -3.10. The lowest BCUT2D eigenvalue weighted by molar-refractivity contribution is -0.147. The van der Waals surface area contributed by atoms with Crippen LogP contribution in [0.2, 0.25) is 0 Å². The van der Waals surface area contributed by atoms with Crippen molar-refractivity contribution in [3.8, 4) is 5.75 Å². The first kappa shape index (κ1) is 16.3. The van der Waals surface area contributed by atoms with Crippen LogP contribution in [0.1, 0.15) is 12.8 Å². The van der Waals surface area contributed by atoms with Gasteiger partial charge in [-0.05, 0) is 25.0 Å². The van der Waals surface area contributed by atoms with Gasteiger partial charge in [0, 0.05) is 18.0 Å². The number of amides is 1. The highest BCUT2D eigenvalue weighted by Gasteiger charge is 2.57. The molecular weight excluding hydrogens is 310 g/mol. The summed E-state index contributed by atoms with van der Waals surface area (Å²) in [5.41, 5.74) is -0.901. The number of aliphatic carboxylic acids is 1. The van der Waals surface area contributed by atoms with Crippen molar-refractivity contribution >= 4 is 27.4 Å². The smallest absolute Gasteiger partial charge is 0.319 e. The summed E-state index contributed by atoms with van der Waals surface area (Å²) in [6, 6.07) is 6.39. The Bertz CT molecular complexity index is 693. The van der Waals surface area contributed by atoms with Gasteiger partial charge < -0.3 is 15.2 Å². The van der Waals surface area contributed by atoms with Crippen LogP contribution in [-0.4, -0.2) is 44.0 Å². The average Bonchev–Trinajstić information content (AvgIpc) is 3.19. The molecule has 2 N–H and O–H groups in total. The van der Waals surface area contributed by atoms with E-state index in [2.05, 4.69) is 5.32 Å². The third kappa shape index (κ3) is 3.97. The van der Waals surface area contributed by atoms with E-state index in [1.54, 1.807) is 18.2 Å². The zero-order chi connectivity index (χ0) is 16.4. The zero-order valence-electron chi connectivity index (χ0n) is 12.0. The van der Waals surface area contributed by atoms with E-state index in [1.807, 2.05) is 0 Å². The number of rotatable bonds is 7. The quantitative estimate of drug-likeness (QED) is 0.721. The van der Waals surface area contributed by atoms with Crippen molar-refractivity contribution in [3.05, 3.63) is 24.3 Å². The first-order valence-corrected chi connectivity index (χ1v) is 8.74. The highest BCUT2D eigenvalue weighted by atomic mass is 32.2. The van der Waals surface area contributed by atoms with Crippen LogP contribution >= 0.6 is 0 Å². The molecular formula is C14H17NO6S. The average molecular weight is 327 g/mol. The third-order valence-corrected chi connectivity index (χ3v) is 4.32. The predicted molar refractivity (Wildman–Crippen MR) is 79.6 cm³/mol. The molecule has 0 unspecified atom stereocenters. The largest absolute Gasteiger partial charge is 0.492 e. The lowest BCUT2D eigenvalue weighted by Gasteiger charge is -2.12. The molecule has 0 spiro atoms. The summed E-state index contributed by atoms with van der Waals surface area (Å²) in [6.07, 6.45) is 1.78. The van der Waals surface area contributed by atoms with Crippen LogP contribution in [0.25, 0.3) is 0 Å². The maximum Gasteiger partial charge on any atom is 0.319 e. The minimum Gasteiger partial charge on any atom is -0.492 e. The number of hydrogen-bond acceptors (Lipinski definition) is 5. The second-order valence-electron chi connectivity index (χ2n) is 5.35. The van der Waals surface area contributed by atoms with Crippen LogP contribution in [0, 0.1) is 5.41 Å². The van der Waals surface area contributed by atoms with E-state index >= 15 is 0 Å². The van der Waals surface area contributed by atoms with Crippen molar-refractivity contribution in [1.29, 1.82) is 0 Å². The van der Waals surface area contributed by atoms with Crippen LogP contribution in [0.3, 0.4) is 0 Å². The topological polar surface area (TPSA) is 110 Å². The number of hydrogen-bond donors (Lipinski definition) is 2. The van der Waals surface area contributed by atoms with Gasteiger partial charge in [-0.25, -0.2) is 8.42 Å². The number of sulfone groups is 1. The molecule has 1 aliphatic carbocycles. The molecule has 2 rings (SSSR count). The molecule has 0 saturated heterocycles. The van der Waals surface area contributed by atoms with E-state index < -0.39 is 27.1 Å². The Hall–Kier alpha value is -2.09. The minimum atomic E-state index is -3.10. The molecule has 22 heavy (non-hydrogen) atoms. The van der Waals surface area contributed by atoms with E-state index in [0.717, 1.165) is 6.26 Å². The number of anilines is 1. The summed E-state index contributed by atoms with van der Waals surface area (Å²) in [6.45, 7) is 0.00922. The lowest BCUT2D eigenvalue weighted by Crippen LogP contribution is -2.31. The van der Waals surface area contributed by atoms with Crippen LogP contribution < -0.4 is 10.1 Å². The lowest BCUT2D eigenvalue weighted by atomic mass is 10.1. The Balaban J connectivity index is 1.97. The number of carbonyl (C=O) groups is 2. The zero-order valence-corrected chi connectivity index (χ0v) is 12.9. The molecule has 0 bridgehead atoms. The van der Waals surface area contributed by atoms with Crippen LogP contribution in [-0.2, 0) is 19.4 Å². The summed E-state index contributed by atoms with van der Waals surface area (Å²) in [4.78, 5) is 23.1. The SMILES string of the molecule is CS(=O)(=O)CCOc1cccc(NC(=O)C2(C(=O)O)CC2)c1. The summed E-state index contributed by atoms with van der Waals surface area (Å²) >= 11 is 0. The van der Waals surface area contributed by atoms with Crippen molar-refractivity contribution in [1.82, 2.24) is 0 Å². The van der Waals surface area contributed by atoms with E-state index in [9.17, 15) is 18.0 Å². The van der Waals surface area contributed by atoms with Crippen molar-refractivity contribution in [2.45, 2.75) is 12.8 Å². The summed E-state index contributed by atoms with van der Waals surface area (Å²) in [5, 5.41) is 11.6. The van der Waals surface area contributed by atoms with Gasteiger partial charge in [0.25, 0.3) is 0 Å². The first-order valence-electron chi connectivity index (χ1n) is 6.68. The van der Waals surface area contributed by atoms with Gasteiger partial charge in [0.1, 0.15) is 17.8 Å². The molecule has 8 heteroatoms. The first-order chi connectivity index (χ1) is 10.2. The molecule has 1 aromatic rings. The number of ether oxygens (including phenoxy) is 1. The number of carbonyl (C=O) groups excluding carboxylic acids is 1. The van der Waals surface area contributed by atoms with Gasteiger partial charge >= 0.3 is 5.97 Å². The number of nitrogens with one attached hydrogen (secondary N) is 1. The number of carboxylic acids is 1. The molecule has 1 aromatic carbocycles. The van der Waals surface area contributed by atoms with E-state index in [4.69, 9.17) is 9.84 Å². The molecule has 120 valence electrons. The van der Waals surface area contributed by atoms with E-state index in [1.165, 1.54) is 6.07 Å². The Kier molecular flexibility index (Phi) is 4.41. The Morgan fingerprint density at radius 1 is 1.36 bits per heavy atom. The van der Waals surface area contributed by atoms with Crippen LogP contribution in [0.5, 0.6) is 5.75 Å². The van der Waals surface area contributed by atoms with E-state index in [-0.39, 0.29) is 12.4 Å². The van der Waals surface area contributed by atoms with Gasteiger partial charge in [0.2, 0.25) is 5.91 Å². The number of benzene rings is 1. The van der Waals surface area contributed by atoms with Crippen LogP contribution in [0.4, 0.5) is 5.69 Å². The number of carboxylic acid groups (broad SMARTS) is 1. The highest BCUT2D eigenvalue weighted by Crippen LogP contribution is 2.46. The molecule has 7 nitrogen and oxygen atoms in total. The van der Waals surface area contributed by atoms with Crippen molar-refractivity contribution in [3.63, 3.8) is 0 Å². The summed E-state index contributed by atoms with van der Waals surface area (Å²) in [5.74, 6) is -1.37. The molecule has 1 aliphatic rings. The van der Waals surface area contributed by atoms with Gasteiger partial charge in [-0.2, -0.15) is 0 Å². The molecule has 1 fully saturated rings. The fourth-order valence-corrected chi connectivity index (χ4v) is 2.27. The third-order valence-electron chi connectivity index (χ3n) is 3.41. The van der Waals surface area contributed by atoms with Gasteiger partial charge in [0.05, 0.1) is 5.75 Å². The molecule has 0 heterocycles. The molecule has 0 aromatic heterocycles. The second-order valence-corrected chi connectivity index (χ2v) is 7.61. The normalized spacial score (nSPS) is 15.9. The highest BCUT2D eigenvalue weighted by molar-refractivity contribution is 7.90. The van der Waals surface area contributed by atoms with Crippen molar-refractivity contribution in [2.75, 3.05) is 23.9 Å². The Labute approximate surface area is 128 Å². The Morgan fingerprint density at radius 3 is 2.59 bits per heavy atom. The molecule has 1 amide bonds. The molecule has 0 radical (unpaired) electrons. The van der Waals surface area contributed by atoms with Crippen LogP contribution in [0.15, 0.2) is 24.3 Å².